The fraction of sp³-hybridized carbons (Fsp3) is 0.333. The molecule has 0 rings (SSSR count). The predicted molar refractivity (Wildman–Crippen MR) is 39.9 cm³/mol. The number of carbonyl (C=O) groups excluding carboxylic acids is 1. The zero-order valence-corrected chi connectivity index (χ0v) is 8.01. The van der Waals surface area contributed by atoms with E-state index in [-0.39, 0.29) is 5.78 Å². The first-order valence-electron chi connectivity index (χ1n) is 1.37. The van der Waals surface area contributed by atoms with E-state index in [0.29, 0.717) is 0 Å². The highest BCUT2D eigenvalue weighted by Gasteiger charge is 2.23. The van der Waals surface area contributed by atoms with Gasteiger partial charge in [-0.1, -0.05) is 47.8 Å². The average Bonchev–Trinajstić information content (AvgIpc) is 1.31. The lowest BCUT2D eigenvalue weighted by Gasteiger charge is -2.03. The van der Waals surface area contributed by atoms with Crippen LogP contribution in [-0.2, 0) is 4.79 Å². The summed E-state index contributed by atoms with van der Waals surface area (Å²) >= 11 is 8.89. The van der Waals surface area contributed by atoms with Gasteiger partial charge in [0.1, 0.15) is 0 Å². The summed E-state index contributed by atoms with van der Waals surface area (Å²) in [4.78, 5) is 10.2. The molecule has 7 heavy (non-hydrogen) atoms. The number of rotatable bonds is 0. The molecule has 0 unspecified atom stereocenters. The molecule has 1 nitrogen and oxygen atoms in total. The number of hydrogen-bond acceptors (Lipinski definition) is 1. The van der Waals surface area contributed by atoms with Crippen molar-refractivity contribution >= 4 is 53.6 Å². The maximum Gasteiger partial charge on any atom is 0.192 e. The standard InChI is InChI=1S/C3H2Br3O/c1-2(7)3(4,5)6/h1H2. The van der Waals surface area contributed by atoms with E-state index < -0.39 is 2.14 Å². The molecule has 41 valence electrons. The van der Waals surface area contributed by atoms with Crippen molar-refractivity contribution in [3.63, 3.8) is 0 Å². The van der Waals surface area contributed by atoms with Crippen molar-refractivity contribution in [2.75, 3.05) is 0 Å². The molecule has 0 aromatic rings. The van der Waals surface area contributed by atoms with Crippen LogP contribution in [0.3, 0.4) is 0 Å². The summed E-state index contributed by atoms with van der Waals surface area (Å²) in [5.74, 6) is -0.257. The van der Waals surface area contributed by atoms with Crippen molar-refractivity contribution in [3.05, 3.63) is 6.92 Å². The summed E-state index contributed by atoms with van der Waals surface area (Å²) < 4.78 is -0.812. The van der Waals surface area contributed by atoms with Crippen molar-refractivity contribution in [2.45, 2.75) is 2.14 Å². The Kier molecular flexibility index (Phi) is 3.01. The van der Waals surface area contributed by atoms with E-state index in [1.807, 2.05) is 0 Å². The molecule has 0 fully saturated rings. The van der Waals surface area contributed by atoms with Gasteiger partial charge in [-0.05, 0) is 0 Å². The van der Waals surface area contributed by atoms with E-state index >= 15 is 0 Å². The van der Waals surface area contributed by atoms with Gasteiger partial charge >= 0.3 is 0 Å². The number of ketones is 1. The molecule has 0 atom stereocenters. The number of carbonyl (C=O) groups is 1. The van der Waals surface area contributed by atoms with Gasteiger partial charge in [-0.3, -0.25) is 4.79 Å². The monoisotopic (exact) mass is 291 g/mol. The minimum Gasteiger partial charge on any atom is -0.296 e. The van der Waals surface area contributed by atoms with Crippen LogP contribution in [-0.4, -0.2) is 7.93 Å². The molecule has 0 aliphatic rings. The molecule has 0 aliphatic carbocycles. The third-order valence-electron chi connectivity index (χ3n) is 0.316. The van der Waals surface area contributed by atoms with Gasteiger partial charge < -0.3 is 0 Å². The number of Topliss-reactive ketones (excluding diaryl/α,β-unsaturated/α-hetero) is 1. The summed E-state index contributed by atoms with van der Waals surface area (Å²) in [6.45, 7) is 3.13. The van der Waals surface area contributed by atoms with Gasteiger partial charge in [0.15, 0.2) is 7.93 Å². The van der Waals surface area contributed by atoms with Crippen molar-refractivity contribution in [2.24, 2.45) is 0 Å². The third kappa shape index (κ3) is 3.67. The van der Waals surface area contributed by atoms with Crippen LogP contribution in [0.15, 0.2) is 0 Å². The lowest BCUT2D eigenvalue weighted by Crippen LogP contribution is -2.11. The predicted octanol–water partition coefficient (Wildman–Crippen LogP) is 2.23. The first-order chi connectivity index (χ1) is 2.94. The number of hydrogen-bond donors (Lipinski definition) is 0. The first kappa shape index (κ1) is 8.11. The molecule has 0 aromatic heterocycles. The van der Waals surface area contributed by atoms with Crippen LogP contribution in [0.2, 0.25) is 0 Å². The zero-order chi connectivity index (χ0) is 6.08. The molecule has 0 saturated heterocycles. The van der Waals surface area contributed by atoms with Crippen LogP contribution in [0.4, 0.5) is 0 Å². The third-order valence-corrected chi connectivity index (χ3v) is 1.64. The first-order valence-corrected chi connectivity index (χ1v) is 3.75. The lowest BCUT2D eigenvalue weighted by molar-refractivity contribution is -0.113. The largest absolute Gasteiger partial charge is 0.296 e. The summed E-state index contributed by atoms with van der Waals surface area (Å²) in [7, 11) is 0. The highest BCUT2D eigenvalue weighted by atomic mass is 80.0. The smallest absolute Gasteiger partial charge is 0.192 e. The second-order valence-corrected chi connectivity index (χ2v) is 7.68. The molecular formula is C3H2Br3O. The van der Waals surface area contributed by atoms with Crippen molar-refractivity contribution in [3.8, 4) is 0 Å². The molecule has 0 bridgehead atoms. The van der Waals surface area contributed by atoms with E-state index in [0.717, 1.165) is 0 Å². The molecule has 0 saturated carbocycles. The Bertz CT molecular complexity index is 82.7. The maximum absolute atomic E-state index is 10.2. The summed E-state index contributed by atoms with van der Waals surface area (Å²) in [5.41, 5.74) is 0. The molecule has 0 heterocycles. The zero-order valence-electron chi connectivity index (χ0n) is 3.25. The van der Waals surface area contributed by atoms with Gasteiger partial charge in [0, 0.05) is 6.92 Å². The van der Waals surface area contributed by atoms with Crippen molar-refractivity contribution < 1.29 is 4.79 Å². The Morgan fingerprint density at radius 1 is 1.43 bits per heavy atom. The fourth-order valence-electron chi connectivity index (χ4n) is 0. The van der Waals surface area contributed by atoms with Crippen LogP contribution < -0.4 is 0 Å². The summed E-state index contributed by atoms with van der Waals surface area (Å²) in [5, 5.41) is 0. The minimum absolute atomic E-state index is 0.257. The maximum atomic E-state index is 10.2. The highest BCUT2D eigenvalue weighted by molar-refractivity contribution is 9.40. The Morgan fingerprint density at radius 2 is 1.57 bits per heavy atom. The Hall–Kier alpha value is 1.11. The Balaban J connectivity index is 3.79. The molecule has 0 spiro atoms. The van der Waals surface area contributed by atoms with Gasteiger partial charge in [-0.15, -0.1) is 0 Å². The van der Waals surface area contributed by atoms with Crippen LogP contribution in [0.25, 0.3) is 0 Å². The van der Waals surface area contributed by atoms with E-state index in [4.69, 9.17) is 0 Å². The SMILES string of the molecule is [CH2]C(=O)C(Br)(Br)Br. The lowest BCUT2D eigenvalue weighted by atomic mass is 10.5. The number of halogens is 3. The van der Waals surface area contributed by atoms with Crippen LogP contribution in [0, 0.1) is 6.92 Å². The van der Waals surface area contributed by atoms with Gasteiger partial charge in [0.25, 0.3) is 0 Å². The molecular weight excluding hydrogens is 292 g/mol. The molecule has 0 N–H and O–H groups in total. The van der Waals surface area contributed by atoms with Crippen LogP contribution >= 0.6 is 47.8 Å². The van der Waals surface area contributed by atoms with Crippen molar-refractivity contribution in [1.82, 2.24) is 0 Å². The highest BCUT2D eigenvalue weighted by Crippen LogP contribution is 2.33. The fourth-order valence-corrected chi connectivity index (χ4v) is 0. The van der Waals surface area contributed by atoms with Crippen LogP contribution in [0.5, 0.6) is 0 Å². The van der Waals surface area contributed by atoms with E-state index in [1.54, 1.807) is 0 Å². The second kappa shape index (κ2) is 2.60. The van der Waals surface area contributed by atoms with Crippen LogP contribution in [0.1, 0.15) is 0 Å². The normalized spacial score (nSPS) is 11.4. The van der Waals surface area contributed by atoms with E-state index in [9.17, 15) is 4.79 Å². The molecule has 0 amide bonds. The number of alkyl halides is 3. The quantitative estimate of drug-likeness (QED) is 0.626. The molecule has 4 heteroatoms. The van der Waals surface area contributed by atoms with Gasteiger partial charge in [-0.25, -0.2) is 0 Å². The van der Waals surface area contributed by atoms with E-state index in [1.165, 1.54) is 0 Å². The average molecular weight is 294 g/mol. The summed E-state index contributed by atoms with van der Waals surface area (Å²) in [6.07, 6.45) is 0. The Labute approximate surface area is 67.2 Å². The van der Waals surface area contributed by atoms with Gasteiger partial charge in [-0.2, -0.15) is 0 Å². The molecule has 0 aromatic carbocycles. The Morgan fingerprint density at radius 3 is 1.57 bits per heavy atom. The summed E-state index contributed by atoms with van der Waals surface area (Å²) in [6, 6.07) is 0. The minimum atomic E-state index is -0.812. The second-order valence-electron chi connectivity index (χ2n) is 0.921. The topological polar surface area (TPSA) is 17.1 Å². The van der Waals surface area contributed by atoms with Gasteiger partial charge in [0.05, 0.1) is 0 Å². The molecule has 1 radical (unpaired) electrons. The van der Waals surface area contributed by atoms with E-state index in [2.05, 4.69) is 54.7 Å². The van der Waals surface area contributed by atoms with Gasteiger partial charge in [0.2, 0.25) is 0 Å². The van der Waals surface area contributed by atoms with Crippen molar-refractivity contribution in [1.29, 1.82) is 0 Å². The molecule has 0 aliphatic heterocycles.